The summed E-state index contributed by atoms with van der Waals surface area (Å²) in [5, 5.41) is 0. The summed E-state index contributed by atoms with van der Waals surface area (Å²) in [7, 11) is 1.97. The van der Waals surface area contributed by atoms with Crippen molar-refractivity contribution in [2.75, 3.05) is 30.5 Å². The van der Waals surface area contributed by atoms with Gasteiger partial charge < -0.3 is 9.64 Å². The fourth-order valence-electron chi connectivity index (χ4n) is 1.86. The number of aromatic nitrogens is 3. The third-order valence-electron chi connectivity index (χ3n) is 3.13. The smallest absolute Gasteiger partial charge is 0.323 e. The van der Waals surface area contributed by atoms with Crippen LogP contribution in [0.25, 0.3) is 0 Å². The minimum absolute atomic E-state index is 0.297. The van der Waals surface area contributed by atoms with Gasteiger partial charge in [-0.05, 0) is 25.2 Å². The van der Waals surface area contributed by atoms with Crippen LogP contribution in [0.4, 0.5) is 11.9 Å². The Balaban J connectivity index is 2.11. The van der Waals surface area contributed by atoms with Crippen molar-refractivity contribution in [3.05, 3.63) is 0 Å². The summed E-state index contributed by atoms with van der Waals surface area (Å²) >= 11 is 0. The standard InChI is InChI=1S/C11H20N6O/c1-4-18-11-14-9(16-12)13-10(15-11)17(3)6-8-5-7(8)2/h7-8H,4-6,12H2,1-3H3,(H,13,14,15,16). The monoisotopic (exact) mass is 252 g/mol. The SMILES string of the molecule is CCOc1nc(NN)nc(N(C)CC2CC2C)n1. The normalized spacial score (nSPS) is 21.6. The minimum atomic E-state index is 0.297. The van der Waals surface area contributed by atoms with Gasteiger partial charge in [0.05, 0.1) is 6.61 Å². The Kier molecular flexibility index (Phi) is 3.81. The van der Waals surface area contributed by atoms with E-state index in [1.165, 1.54) is 6.42 Å². The minimum Gasteiger partial charge on any atom is -0.464 e. The summed E-state index contributed by atoms with van der Waals surface area (Å²) in [4.78, 5) is 14.5. The van der Waals surface area contributed by atoms with Gasteiger partial charge in [0.2, 0.25) is 11.9 Å². The number of ether oxygens (including phenoxy) is 1. The lowest BCUT2D eigenvalue weighted by atomic mass is 10.3. The molecular formula is C11H20N6O. The van der Waals surface area contributed by atoms with Crippen LogP contribution in [-0.2, 0) is 0 Å². The molecule has 2 unspecified atom stereocenters. The molecule has 0 aliphatic heterocycles. The molecule has 0 radical (unpaired) electrons. The molecule has 18 heavy (non-hydrogen) atoms. The third kappa shape index (κ3) is 2.98. The van der Waals surface area contributed by atoms with Crippen LogP contribution in [0.5, 0.6) is 6.01 Å². The zero-order chi connectivity index (χ0) is 13.1. The number of hydrazine groups is 1. The Hall–Kier alpha value is -1.63. The highest BCUT2D eigenvalue weighted by atomic mass is 16.5. The fourth-order valence-corrected chi connectivity index (χ4v) is 1.86. The highest BCUT2D eigenvalue weighted by molar-refractivity contribution is 5.37. The first kappa shape index (κ1) is 12.8. The first-order chi connectivity index (χ1) is 8.63. The lowest BCUT2D eigenvalue weighted by molar-refractivity contribution is 0.312. The molecule has 100 valence electrons. The van der Waals surface area contributed by atoms with Crippen molar-refractivity contribution < 1.29 is 4.74 Å². The van der Waals surface area contributed by atoms with Crippen LogP contribution in [0.15, 0.2) is 0 Å². The van der Waals surface area contributed by atoms with Gasteiger partial charge in [0, 0.05) is 13.6 Å². The van der Waals surface area contributed by atoms with Gasteiger partial charge in [-0.3, -0.25) is 5.43 Å². The Morgan fingerprint density at radius 2 is 2.17 bits per heavy atom. The molecule has 2 rings (SSSR count). The highest BCUT2D eigenvalue weighted by Gasteiger charge is 2.33. The predicted octanol–water partition coefficient (Wildman–Crippen LogP) is 0.648. The van der Waals surface area contributed by atoms with E-state index in [1.54, 1.807) is 0 Å². The van der Waals surface area contributed by atoms with Gasteiger partial charge in [-0.1, -0.05) is 6.92 Å². The van der Waals surface area contributed by atoms with Crippen LogP contribution in [0, 0.1) is 11.8 Å². The first-order valence-electron chi connectivity index (χ1n) is 6.20. The topological polar surface area (TPSA) is 89.2 Å². The highest BCUT2D eigenvalue weighted by Crippen LogP contribution is 2.38. The molecule has 0 saturated heterocycles. The first-order valence-corrected chi connectivity index (χ1v) is 6.20. The maximum atomic E-state index is 5.34. The Labute approximate surface area is 107 Å². The quantitative estimate of drug-likeness (QED) is 0.567. The van der Waals surface area contributed by atoms with Crippen LogP contribution in [-0.4, -0.2) is 35.2 Å². The number of anilines is 2. The number of nitrogens with one attached hydrogen (secondary N) is 1. The second kappa shape index (κ2) is 5.34. The molecule has 1 saturated carbocycles. The van der Waals surface area contributed by atoms with E-state index in [4.69, 9.17) is 10.6 Å². The lowest BCUT2D eigenvalue weighted by Crippen LogP contribution is -2.24. The van der Waals surface area contributed by atoms with Gasteiger partial charge in [-0.15, -0.1) is 0 Å². The van der Waals surface area contributed by atoms with E-state index in [0.29, 0.717) is 24.5 Å². The summed E-state index contributed by atoms with van der Waals surface area (Å²) < 4.78 is 5.30. The number of hydrogen-bond donors (Lipinski definition) is 2. The zero-order valence-corrected chi connectivity index (χ0v) is 11.1. The number of nitrogens with two attached hydrogens (primary N) is 1. The average Bonchev–Trinajstić information content (AvgIpc) is 3.04. The van der Waals surface area contributed by atoms with Gasteiger partial charge in [-0.2, -0.15) is 15.0 Å². The van der Waals surface area contributed by atoms with Gasteiger partial charge in [0.25, 0.3) is 0 Å². The summed E-state index contributed by atoms with van der Waals surface area (Å²) in [5.74, 6) is 7.78. The van der Waals surface area contributed by atoms with Crippen molar-refractivity contribution in [2.24, 2.45) is 17.7 Å². The van der Waals surface area contributed by atoms with E-state index in [2.05, 4.69) is 27.3 Å². The van der Waals surface area contributed by atoms with Crippen LogP contribution >= 0.6 is 0 Å². The van der Waals surface area contributed by atoms with Crippen LogP contribution in [0.1, 0.15) is 20.3 Å². The second-order valence-corrected chi connectivity index (χ2v) is 4.67. The molecule has 7 nitrogen and oxygen atoms in total. The predicted molar refractivity (Wildman–Crippen MR) is 69.3 cm³/mol. The van der Waals surface area contributed by atoms with Crippen molar-refractivity contribution in [1.29, 1.82) is 0 Å². The average molecular weight is 252 g/mol. The summed E-state index contributed by atoms with van der Waals surface area (Å²) in [6, 6.07) is 0.297. The van der Waals surface area contributed by atoms with Gasteiger partial charge in [0.15, 0.2) is 0 Å². The molecule has 2 atom stereocenters. The second-order valence-electron chi connectivity index (χ2n) is 4.67. The summed E-state index contributed by atoms with van der Waals surface area (Å²) in [6.45, 7) is 5.59. The lowest BCUT2D eigenvalue weighted by Gasteiger charge is -2.17. The van der Waals surface area contributed by atoms with Crippen molar-refractivity contribution in [1.82, 2.24) is 15.0 Å². The fraction of sp³-hybridized carbons (Fsp3) is 0.727. The zero-order valence-electron chi connectivity index (χ0n) is 11.1. The Bertz CT molecular complexity index is 413. The van der Waals surface area contributed by atoms with Crippen molar-refractivity contribution >= 4 is 11.9 Å². The van der Waals surface area contributed by atoms with Crippen LogP contribution < -0.4 is 20.9 Å². The number of rotatable bonds is 6. The van der Waals surface area contributed by atoms with Crippen LogP contribution in [0.3, 0.4) is 0 Å². The molecule has 1 aliphatic rings. The maximum Gasteiger partial charge on any atom is 0.323 e. The van der Waals surface area contributed by atoms with E-state index in [1.807, 2.05) is 18.9 Å². The number of nitrogen functional groups attached to an aromatic ring is 1. The molecule has 0 spiro atoms. The number of hydrogen-bond acceptors (Lipinski definition) is 7. The van der Waals surface area contributed by atoms with Gasteiger partial charge in [-0.25, -0.2) is 5.84 Å². The van der Waals surface area contributed by atoms with Gasteiger partial charge >= 0.3 is 6.01 Å². The van der Waals surface area contributed by atoms with E-state index in [-0.39, 0.29) is 0 Å². The molecule has 0 bridgehead atoms. The molecule has 1 heterocycles. The molecular weight excluding hydrogens is 232 g/mol. The summed E-state index contributed by atoms with van der Waals surface area (Å²) in [6.07, 6.45) is 1.27. The van der Waals surface area contributed by atoms with E-state index in [0.717, 1.165) is 18.4 Å². The molecule has 1 fully saturated rings. The maximum absolute atomic E-state index is 5.34. The van der Waals surface area contributed by atoms with Crippen molar-refractivity contribution in [3.63, 3.8) is 0 Å². The van der Waals surface area contributed by atoms with E-state index < -0.39 is 0 Å². The van der Waals surface area contributed by atoms with Gasteiger partial charge in [0.1, 0.15) is 0 Å². The van der Waals surface area contributed by atoms with Crippen molar-refractivity contribution in [3.8, 4) is 6.01 Å². The largest absolute Gasteiger partial charge is 0.464 e. The Morgan fingerprint density at radius 3 is 2.72 bits per heavy atom. The summed E-state index contributed by atoms with van der Waals surface area (Å²) in [5.41, 5.74) is 2.43. The molecule has 0 aromatic carbocycles. The molecule has 0 amide bonds. The number of nitrogens with zero attached hydrogens (tertiary/aromatic N) is 4. The molecule has 1 aliphatic carbocycles. The Morgan fingerprint density at radius 1 is 1.44 bits per heavy atom. The molecule has 1 aromatic heterocycles. The van der Waals surface area contributed by atoms with E-state index >= 15 is 0 Å². The molecule has 1 aromatic rings. The third-order valence-corrected chi connectivity index (χ3v) is 3.13. The molecule has 3 N–H and O–H groups in total. The van der Waals surface area contributed by atoms with Crippen molar-refractivity contribution in [2.45, 2.75) is 20.3 Å². The molecule has 7 heteroatoms. The van der Waals surface area contributed by atoms with Crippen LogP contribution in [0.2, 0.25) is 0 Å². The van der Waals surface area contributed by atoms with E-state index in [9.17, 15) is 0 Å².